The van der Waals surface area contributed by atoms with E-state index in [-0.39, 0.29) is 17.2 Å². The summed E-state index contributed by atoms with van der Waals surface area (Å²) in [5.74, 6) is -1.81. The van der Waals surface area contributed by atoms with Gasteiger partial charge in [0.05, 0.1) is 29.6 Å². The molecule has 2 aromatic heterocycles. The molecule has 0 fully saturated rings. The molecule has 0 bridgehead atoms. The zero-order valence-electron chi connectivity index (χ0n) is 19.8. The van der Waals surface area contributed by atoms with Crippen LogP contribution in [0.5, 0.6) is 0 Å². The first kappa shape index (κ1) is 25.0. The maximum absolute atomic E-state index is 14.1. The molecule has 3 rings (SSSR count). The Morgan fingerprint density at radius 1 is 1.15 bits per heavy atom. The number of benzene rings is 1. The monoisotopic (exact) mass is 468 g/mol. The third-order valence-electron chi connectivity index (χ3n) is 5.35. The highest BCUT2D eigenvalue weighted by Gasteiger charge is 2.18. The van der Waals surface area contributed by atoms with Gasteiger partial charge in [-0.1, -0.05) is 19.9 Å². The lowest BCUT2D eigenvalue weighted by atomic mass is 9.96. The highest BCUT2D eigenvalue weighted by Crippen LogP contribution is 2.27. The minimum Gasteiger partial charge on any atom is -0.401 e. The number of hydrogen-bond donors (Lipinski definition) is 3. The van der Waals surface area contributed by atoms with E-state index in [4.69, 9.17) is 11.5 Å². The van der Waals surface area contributed by atoms with Gasteiger partial charge in [-0.3, -0.25) is 9.67 Å². The molecule has 5 N–H and O–H groups in total. The summed E-state index contributed by atoms with van der Waals surface area (Å²) in [5.41, 5.74) is 14.2. The zero-order chi connectivity index (χ0) is 25.0. The fourth-order valence-corrected chi connectivity index (χ4v) is 3.56. The number of allylic oxidation sites excluding steroid dienone is 3. The summed E-state index contributed by atoms with van der Waals surface area (Å²) < 4.78 is 29.9. The van der Waals surface area contributed by atoms with Gasteiger partial charge in [0.2, 0.25) is 0 Å². The molecule has 7 nitrogen and oxygen atoms in total. The van der Waals surface area contributed by atoms with E-state index in [1.54, 1.807) is 43.2 Å². The van der Waals surface area contributed by atoms with Crippen molar-refractivity contribution >= 4 is 5.70 Å². The normalized spacial score (nSPS) is 14.1. The van der Waals surface area contributed by atoms with Crippen molar-refractivity contribution in [1.29, 1.82) is 0 Å². The lowest BCUT2D eigenvalue weighted by Gasteiger charge is -2.17. The van der Waals surface area contributed by atoms with Crippen LogP contribution < -0.4 is 11.5 Å². The molecule has 0 saturated heterocycles. The fourth-order valence-electron chi connectivity index (χ4n) is 3.56. The molecule has 0 aliphatic rings. The molecular formula is C25H30F2N6O. The minimum atomic E-state index is -0.901. The Hall–Kier alpha value is -3.59. The standard InChI is InChI=1S/C25H30F2N6O/c1-5-16(11-19(28)23-17(26)7-6-8-18(23)27)24(29)15(2)21-12-30-13-22(31-21)20-9-10-33(32-20)14-25(3,4)34/h6-13,15,34H,5,14,28-29H2,1-4H3/b19-11-,24-16-. The van der Waals surface area contributed by atoms with Crippen LogP contribution in [0.25, 0.3) is 17.1 Å². The van der Waals surface area contributed by atoms with Crippen LogP contribution in [0.1, 0.15) is 51.3 Å². The minimum absolute atomic E-state index is 0.0419. The molecule has 1 atom stereocenters. The molecule has 1 aromatic carbocycles. The van der Waals surface area contributed by atoms with Crippen LogP contribution in [0.15, 0.2) is 60.2 Å². The van der Waals surface area contributed by atoms with Crippen LogP contribution in [0.2, 0.25) is 0 Å². The number of rotatable bonds is 8. The summed E-state index contributed by atoms with van der Waals surface area (Å²) in [6.07, 6.45) is 6.99. The van der Waals surface area contributed by atoms with Crippen LogP contribution in [0, 0.1) is 11.6 Å². The number of hydrogen-bond acceptors (Lipinski definition) is 6. The number of nitrogens with zero attached hydrogens (tertiary/aromatic N) is 4. The van der Waals surface area contributed by atoms with Crippen molar-refractivity contribution < 1.29 is 13.9 Å². The summed E-state index contributed by atoms with van der Waals surface area (Å²) in [6, 6.07) is 5.40. The van der Waals surface area contributed by atoms with Gasteiger partial charge >= 0.3 is 0 Å². The van der Waals surface area contributed by atoms with Crippen LogP contribution >= 0.6 is 0 Å². The zero-order valence-corrected chi connectivity index (χ0v) is 19.8. The average molecular weight is 469 g/mol. The Bertz CT molecular complexity index is 1210. The van der Waals surface area contributed by atoms with Crippen molar-refractivity contribution in [2.75, 3.05) is 0 Å². The van der Waals surface area contributed by atoms with Crippen LogP contribution in [0.3, 0.4) is 0 Å². The summed E-state index contributed by atoms with van der Waals surface area (Å²) in [5, 5.41) is 14.5. The van der Waals surface area contributed by atoms with Crippen LogP contribution in [0.4, 0.5) is 8.78 Å². The molecule has 2 heterocycles. The summed E-state index contributed by atoms with van der Waals surface area (Å²) in [7, 11) is 0. The van der Waals surface area contributed by atoms with E-state index in [0.29, 0.717) is 41.3 Å². The van der Waals surface area contributed by atoms with Crippen molar-refractivity contribution in [1.82, 2.24) is 19.7 Å². The van der Waals surface area contributed by atoms with E-state index >= 15 is 0 Å². The molecule has 9 heteroatoms. The highest BCUT2D eigenvalue weighted by molar-refractivity contribution is 5.66. The van der Waals surface area contributed by atoms with Crippen LogP contribution in [-0.2, 0) is 6.54 Å². The second-order valence-corrected chi connectivity index (χ2v) is 8.79. The largest absolute Gasteiger partial charge is 0.401 e. The maximum atomic E-state index is 14.1. The van der Waals surface area contributed by atoms with E-state index in [0.717, 1.165) is 12.1 Å². The topological polar surface area (TPSA) is 116 Å². The van der Waals surface area contributed by atoms with Gasteiger partial charge in [-0.15, -0.1) is 0 Å². The molecule has 0 amide bonds. The Labute approximate surface area is 197 Å². The molecule has 0 aliphatic heterocycles. The van der Waals surface area contributed by atoms with E-state index in [9.17, 15) is 13.9 Å². The van der Waals surface area contributed by atoms with E-state index in [1.807, 2.05) is 13.8 Å². The summed E-state index contributed by atoms with van der Waals surface area (Å²) in [4.78, 5) is 8.96. The first-order valence-corrected chi connectivity index (χ1v) is 11.0. The Kier molecular flexibility index (Phi) is 7.46. The van der Waals surface area contributed by atoms with E-state index in [1.165, 1.54) is 12.1 Å². The van der Waals surface area contributed by atoms with Gasteiger partial charge in [0.1, 0.15) is 23.0 Å². The SMILES string of the molecule is CCC(/C=C(\N)c1c(F)cccc1F)=C(/N)C(C)c1cncc(-c2ccn(CC(C)(C)O)n2)n1. The molecular weight excluding hydrogens is 438 g/mol. The van der Waals surface area contributed by atoms with Gasteiger partial charge in [-0.2, -0.15) is 5.10 Å². The highest BCUT2D eigenvalue weighted by atomic mass is 19.1. The molecule has 3 aromatic rings. The molecule has 0 radical (unpaired) electrons. The summed E-state index contributed by atoms with van der Waals surface area (Å²) >= 11 is 0. The van der Waals surface area contributed by atoms with E-state index in [2.05, 4.69) is 15.1 Å². The third kappa shape index (κ3) is 5.85. The molecule has 0 aliphatic carbocycles. The maximum Gasteiger partial charge on any atom is 0.135 e. The van der Waals surface area contributed by atoms with Crippen molar-refractivity contribution in [2.45, 2.75) is 52.2 Å². The van der Waals surface area contributed by atoms with Crippen molar-refractivity contribution in [3.05, 3.63) is 83.1 Å². The van der Waals surface area contributed by atoms with Crippen molar-refractivity contribution in [2.24, 2.45) is 11.5 Å². The van der Waals surface area contributed by atoms with Gasteiger partial charge in [-0.25, -0.2) is 13.8 Å². The number of aliphatic hydroxyl groups is 1. The molecule has 0 spiro atoms. The molecule has 34 heavy (non-hydrogen) atoms. The third-order valence-corrected chi connectivity index (χ3v) is 5.35. The number of halogens is 2. The second-order valence-electron chi connectivity index (χ2n) is 8.79. The first-order valence-electron chi connectivity index (χ1n) is 11.0. The second kappa shape index (κ2) is 10.1. The van der Waals surface area contributed by atoms with Crippen molar-refractivity contribution in [3.63, 3.8) is 0 Å². The predicted octanol–water partition coefficient (Wildman–Crippen LogP) is 4.12. The van der Waals surface area contributed by atoms with E-state index < -0.39 is 17.2 Å². The smallest absolute Gasteiger partial charge is 0.135 e. The Morgan fingerprint density at radius 2 is 1.82 bits per heavy atom. The number of nitrogens with two attached hydrogens (primary N) is 2. The Balaban J connectivity index is 1.92. The number of aromatic nitrogens is 4. The quantitative estimate of drug-likeness (QED) is 0.429. The van der Waals surface area contributed by atoms with Gasteiger partial charge in [0.15, 0.2) is 0 Å². The van der Waals surface area contributed by atoms with Gasteiger partial charge < -0.3 is 16.6 Å². The fraction of sp³-hybridized carbons (Fsp3) is 0.320. The molecule has 1 unspecified atom stereocenters. The van der Waals surface area contributed by atoms with Crippen molar-refractivity contribution in [3.8, 4) is 11.4 Å². The van der Waals surface area contributed by atoms with Gasteiger partial charge in [-0.05, 0) is 50.1 Å². The van der Waals surface area contributed by atoms with Gasteiger partial charge in [0, 0.05) is 29.7 Å². The van der Waals surface area contributed by atoms with Gasteiger partial charge in [0.25, 0.3) is 0 Å². The lowest BCUT2D eigenvalue weighted by Crippen LogP contribution is -2.26. The first-order chi connectivity index (χ1) is 16.0. The Morgan fingerprint density at radius 3 is 2.44 bits per heavy atom. The lowest BCUT2D eigenvalue weighted by molar-refractivity contribution is 0.0578. The molecule has 0 saturated carbocycles. The van der Waals surface area contributed by atoms with Crippen LogP contribution in [-0.4, -0.2) is 30.5 Å². The summed E-state index contributed by atoms with van der Waals surface area (Å²) in [6.45, 7) is 7.51. The average Bonchev–Trinajstić information content (AvgIpc) is 3.23. The molecule has 180 valence electrons. The predicted molar refractivity (Wildman–Crippen MR) is 128 cm³/mol.